The van der Waals surface area contributed by atoms with Crippen molar-refractivity contribution in [1.82, 2.24) is 30.3 Å². The highest BCUT2D eigenvalue weighted by molar-refractivity contribution is 14.0. The van der Waals surface area contributed by atoms with Gasteiger partial charge in [-0.2, -0.15) is 0 Å². The van der Waals surface area contributed by atoms with Crippen LogP contribution < -0.4 is 10.6 Å². The summed E-state index contributed by atoms with van der Waals surface area (Å²) in [5.74, 6) is 1.89. The summed E-state index contributed by atoms with van der Waals surface area (Å²) in [5.41, 5.74) is 0. The van der Waals surface area contributed by atoms with E-state index in [1.807, 2.05) is 0 Å². The lowest BCUT2D eigenvalue weighted by Crippen LogP contribution is -2.39. The van der Waals surface area contributed by atoms with Gasteiger partial charge in [-0.25, -0.2) is 0 Å². The highest BCUT2D eigenvalue weighted by Crippen LogP contribution is 1.94. The van der Waals surface area contributed by atoms with E-state index < -0.39 is 0 Å². The largest absolute Gasteiger partial charge is 0.357 e. The van der Waals surface area contributed by atoms with Crippen LogP contribution >= 0.6 is 24.0 Å². The Hall–Kier alpha value is -0.900. The minimum absolute atomic E-state index is 0. The van der Waals surface area contributed by atoms with Gasteiger partial charge in [-0.3, -0.25) is 4.99 Å². The van der Waals surface area contributed by atoms with Crippen LogP contribution in [0.25, 0.3) is 0 Å². The number of aliphatic imine (C=N–C) groups is 1. The zero-order chi connectivity index (χ0) is 15.5. The van der Waals surface area contributed by atoms with Crippen LogP contribution in [-0.2, 0) is 13.0 Å². The molecule has 0 fully saturated rings. The van der Waals surface area contributed by atoms with Crippen molar-refractivity contribution in [3.63, 3.8) is 0 Å². The number of nitrogens with one attached hydrogen (secondary N) is 2. The molecule has 1 aromatic rings. The first-order valence-corrected chi connectivity index (χ1v) is 7.78. The van der Waals surface area contributed by atoms with Crippen molar-refractivity contribution >= 4 is 29.9 Å². The number of aryl methyl sites for hydroxylation is 1. The molecule has 0 aliphatic carbocycles. The van der Waals surface area contributed by atoms with E-state index in [0.29, 0.717) is 0 Å². The molecule has 0 spiro atoms. The van der Waals surface area contributed by atoms with Crippen molar-refractivity contribution in [3.8, 4) is 0 Å². The molecule has 7 nitrogen and oxygen atoms in total. The summed E-state index contributed by atoms with van der Waals surface area (Å²) in [7, 11) is 2.11. The van der Waals surface area contributed by atoms with Crippen molar-refractivity contribution in [2.24, 2.45) is 4.99 Å². The summed E-state index contributed by atoms with van der Waals surface area (Å²) >= 11 is 0. The Labute approximate surface area is 151 Å². The number of hydrogen-bond donors (Lipinski definition) is 2. The van der Waals surface area contributed by atoms with Gasteiger partial charge in [0, 0.05) is 32.6 Å². The second kappa shape index (κ2) is 12.6. The Morgan fingerprint density at radius 3 is 2.73 bits per heavy atom. The van der Waals surface area contributed by atoms with E-state index in [0.717, 1.165) is 57.5 Å². The Bertz CT molecular complexity index is 419. The molecule has 0 radical (unpaired) electrons. The minimum atomic E-state index is 0. The number of nitrogens with zero attached hydrogens (tertiary/aromatic N) is 5. The molecule has 2 N–H and O–H groups in total. The maximum absolute atomic E-state index is 4.58. The van der Waals surface area contributed by atoms with Gasteiger partial charge in [0.1, 0.15) is 12.2 Å². The number of rotatable bonds is 9. The van der Waals surface area contributed by atoms with Crippen LogP contribution in [0.2, 0.25) is 0 Å². The first kappa shape index (κ1) is 21.1. The van der Waals surface area contributed by atoms with E-state index >= 15 is 0 Å². The predicted molar refractivity (Wildman–Crippen MR) is 102 cm³/mol. The topological polar surface area (TPSA) is 70.4 Å². The van der Waals surface area contributed by atoms with Crippen molar-refractivity contribution in [1.29, 1.82) is 0 Å². The fourth-order valence-corrected chi connectivity index (χ4v) is 1.87. The van der Waals surface area contributed by atoms with Gasteiger partial charge in [0.05, 0.1) is 6.54 Å². The molecule has 22 heavy (non-hydrogen) atoms. The van der Waals surface area contributed by atoms with E-state index in [-0.39, 0.29) is 24.0 Å². The lowest BCUT2D eigenvalue weighted by molar-refractivity contribution is 0.363. The Morgan fingerprint density at radius 1 is 1.32 bits per heavy atom. The van der Waals surface area contributed by atoms with Gasteiger partial charge in [0.25, 0.3) is 0 Å². The van der Waals surface area contributed by atoms with Crippen molar-refractivity contribution in [2.75, 3.05) is 39.8 Å². The molecular weight excluding hydrogens is 393 g/mol. The summed E-state index contributed by atoms with van der Waals surface area (Å²) in [6.07, 6.45) is 2.68. The van der Waals surface area contributed by atoms with Gasteiger partial charge in [-0.05, 0) is 20.5 Å². The van der Waals surface area contributed by atoms with Gasteiger partial charge in [0.15, 0.2) is 5.96 Å². The maximum Gasteiger partial charge on any atom is 0.191 e. The van der Waals surface area contributed by atoms with E-state index in [1.165, 1.54) is 0 Å². The molecule has 0 amide bonds. The van der Waals surface area contributed by atoms with Crippen LogP contribution in [0.4, 0.5) is 0 Å². The Kier molecular flexibility index (Phi) is 12.1. The molecule has 0 atom stereocenters. The third kappa shape index (κ3) is 7.92. The smallest absolute Gasteiger partial charge is 0.191 e. The summed E-state index contributed by atoms with van der Waals surface area (Å²) in [6.45, 7) is 11.6. The third-order valence-corrected chi connectivity index (χ3v) is 3.29. The summed E-state index contributed by atoms with van der Waals surface area (Å²) < 4.78 is 2.07. The number of aromatic nitrogens is 3. The molecule has 0 aliphatic heterocycles. The maximum atomic E-state index is 4.58. The van der Waals surface area contributed by atoms with E-state index in [9.17, 15) is 0 Å². The minimum Gasteiger partial charge on any atom is -0.357 e. The summed E-state index contributed by atoms with van der Waals surface area (Å²) in [4.78, 5) is 6.82. The molecule has 0 bridgehead atoms. The number of guanidine groups is 1. The van der Waals surface area contributed by atoms with Crippen molar-refractivity contribution < 1.29 is 0 Å². The lowest BCUT2D eigenvalue weighted by Gasteiger charge is -2.14. The predicted octanol–water partition coefficient (Wildman–Crippen LogP) is 0.965. The zero-order valence-electron chi connectivity index (χ0n) is 14.2. The quantitative estimate of drug-likeness (QED) is 0.352. The van der Waals surface area contributed by atoms with Crippen LogP contribution in [-0.4, -0.2) is 65.4 Å². The third-order valence-electron chi connectivity index (χ3n) is 3.29. The summed E-state index contributed by atoms with van der Waals surface area (Å²) in [6, 6.07) is 0. The molecule has 0 saturated heterocycles. The highest BCUT2D eigenvalue weighted by atomic mass is 127. The van der Waals surface area contributed by atoms with Crippen molar-refractivity contribution in [2.45, 2.75) is 33.7 Å². The van der Waals surface area contributed by atoms with Crippen LogP contribution in [0.15, 0.2) is 11.3 Å². The fraction of sp³-hybridized carbons (Fsp3) is 0.786. The molecular formula is C14H30IN7. The first-order chi connectivity index (χ1) is 10.2. The average Bonchev–Trinajstić information content (AvgIpc) is 2.94. The molecule has 1 rings (SSSR count). The normalized spacial score (nSPS) is 11.4. The first-order valence-electron chi connectivity index (χ1n) is 7.78. The van der Waals surface area contributed by atoms with Gasteiger partial charge in [-0.15, -0.1) is 34.2 Å². The molecule has 0 aromatic carbocycles. The van der Waals surface area contributed by atoms with E-state index in [4.69, 9.17) is 0 Å². The van der Waals surface area contributed by atoms with Crippen molar-refractivity contribution in [3.05, 3.63) is 12.2 Å². The molecule has 0 unspecified atom stereocenters. The molecule has 8 heteroatoms. The Balaban J connectivity index is 0.00000441. The SMILES string of the molecule is CCNC(=NCCN(C)CC)NCCn1cnnc1CC.I. The second-order valence-electron chi connectivity index (χ2n) is 4.88. The molecule has 0 aliphatic rings. The number of halogens is 1. The molecule has 128 valence electrons. The lowest BCUT2D eigenvalue weighted by atomic mass is 10.4. The van der Waals surface area contributed by atoms with Crippen LogP contribution in [0.3, 0.4) is 0 Å². The average molecular weight is 423 g/mol. The van der Waals surface area contributed by atoms with E-state index in [1.54, 1.807) is 6.33 Å². The van der Waals surface area contributed by atoms with Gasteiger partial charge >= 0.3 is 0 Å². The molecule has 1 heterocycles. The zero-order valence-corrected chi connectivity index (χ0v) is 16.5. The van der Waals surface area contributed by atoms with E-state index in [2.05, 4.69) is 63.1 Å². The monoisotopic (exact) mass is 423 g/mol. The number of likely N-dealkylation sites (N-methyl/N-ethyl adjacent to an activating group) is 1. The van der Waals surface area contributed by atoms with Gasteiger partial charge in [-0.1, -0.05) is 13.8 Å². The standard InChI is InChI=1S/C14H29N7.HI/c1-5-13-19-18-12-21(13)11-9-17-14(15-6-2)16-8-10-20(4)7-3;/h12H,5-11H2,1-4H3,(H2,15,16,17);1H. The Morgan fingerprint density at radius 2 is 2.09 bits per heavy atom. The second-order valence-corrected chi connectivity index (χ2v) is 4.88. The number of hydrogen-bond acceptors (Lipinski definition) is 4. The van der Waals surface area contributed by atoms with Gasteiger partial charge in [0.2, 0.25) is 0 Å². The molecule has 0 saturated carbocycles. The molecule has 1 aromatic heterocycles. The fourth-order valence-electron chi connectivity index (χ4n) is 1.87. The summed E-state index contributed by atoms with van der Waals surface area (Å²) in [5, 5.41) is 14.6. The van der Waals surface area contributed by atoms with Gasteiger partial charge < -0.3 is 20.1 Å². The van der Waals surface area contributed by atoms with Crippen LogP contribution in [0.1, 0.15) is 26.6 Å². The van der Waals surface area contributed by atoms with Crippen LogP contribution in [0, 0.1) is 0 Å². The highest BCUT2D eigenvalue weighted by Gasteiger charge is 2.02. The van der Waals surface area contributed by atoms with Crippen LogP contribution in [0.5, 0.6) is 0 Å².